The summed E-state index contributed by atoms with van der Waals surface area (Å²) in [6.07, 6.45) is 4.40. The second kappa shape index (κ2) is 7.78. The van der Waals surface area contributed by atoms with Gasteiger partial charge in [0, 0.05) is 6.54 Å². The molecule has 0 unspecified atom stereocenters. The molecule has 2 rings (SSSR count). The number of unbranched alkanes of at least 4 members (excludes halogenated alkanes) is 3. The lowest BCUT2D eigenvalue weighted by molar-refractivity contribution is 0.573. The van der Waals surface area contributed by atoms with Crippen LogP contribution in [0.1, 0.15) is 49.3 Å². The molecular formula is C20H24N2O. The summed E-state index contributed by atoms with van der Waals surface area (Å²) in [6, 6.07) is 11.8. The highest BCUT2D eigenvalue weighted by molar-refractivity contribution is 5.62. The standard InChI is InChI=1S/C20H24N2O/c1-4-5-6-7-12-22-19(11-10-18(14-21)20(22)23)17-9-8-15(2)16(3)13-17/h8-11,13H,4-7,12H2,1-3H3. The van der Waals surface area contributed by atoms with E-state index in [1.807, 2.05) is 18.2 Å². The highest BCUT2D eigenvalue weighted by Crippen LogP contribution is 2.22. The molecule has 0 N–H and O–H groups in total. The first-order chi connectivity index (χ1) is 11.1. The Balaban J connectivity index is 2.45. The van der Waals surface area contributed by atoms with Crippen LogP contribution < -0.4 is 5.56 Å². The van der Waals surface area contributed by atoms with E-state index in [4.69, 9.17) is 5.26 Å². The van der Waals surface area contributed by atoms with Gasteiger partial charge in [0.1, 0.15) is 11.6 Å². The predicted molar refractivity (Wildman–Crippen MR) is 94.5 cm³/mol. The zero-order valence-electron chi connectivity index (χ0n) is 14.2. The monoisotopic (exact) mass is 308 g/mol. The third-order valence-electron chi connectivity index (χ3n) is 4.33. The van der Waals surface area contributed by atoms with Crippen molar-refractivity contribution in [1.82, 2.24) is 4.57 Å². The molecular weight excluding hydrogens is 284 g/mol. The molecule has 0 spiro atoms. The SMILES string of the molecule is CCCCCCn1c(-c2ccc(C)c(C)c2)ccc(C#N)c1=O. The summed E-state index contributed by atoms with van der Waals surface area (Å²) in [5.41, 5.74) is 4.41. The summed E-state index contributed by atoms with van der Waals surface area (Å²) >= 11 is 0. The molecule has 1 heterocycles. The van der Waals surface area contributed by atoms with Crippen LogP contribution in [0, 0.1) is 25.2 Å². The summed E-state index contributed by atoms with van der Waals surface area (Å²) < 4.78 is 1.76. The molecule has 1 aromatic heterocycles. The molecule has 0 aliphatic heterocycles. The van der Waals surface area contributed by atoms with Crippen LogP contribution in [0.3, 0.4) is 0 Å². The van der Waals surface area contributed by atoms with Gasteiger partial charge in [0.25, 0.3) is 5.56 Å². The Morgan fingerprint density at radius 2 is 1.83 bits per heavy atom. The normalized spacial score (nSPS) is 10.5. The van der Waals surface area contributed by atoms with Crippen molar-refractivity contribution < 1.29 is 0 Å². The highest BCUT2D eigenvalue weighted by Gasteiger charge is 2.11. The maximum atomic E-state index is 12.6. The van der Waals surface area contributed by atoms with Crippen molar-refractivity contribution in [2.75, 3.05) is 0 Å². The molecule has 0 amide bonds. The third kappa shape index (κ3) is 3.90. The van der Waals surface area contributed by atoms with Crippen molar-refractivity contribution in [3.63, 3.8) is 0 Å². The fourth-order valence-corrected chi connectivity index (χ4v) is 2.73. The molecule has 1 aromatic carbocycles. The molecule has 0 saturated carbocycles. The van der Waals surface area contributed by atoms with Gasteiger partial charge in [-0.25, -0.2) is 0 Å². The molecule has 120 valence electrons. The van der Waals surface area contributed by atoms with Crippen LogP contribution in [0.5, 0.6) is 0 Å². The number of hydrogen-bond donors (Lipinski definition) is 0. The van der Waals surface area contributed by atoms with Crippen LogP contribution in [0.15, 0.2) is 35.1 Å². The van der Waals surface area contributed by atoms with E-state index in [1.54, 1.807) is 10.6 Å². The molecule has 0 aliphatic rings. The Hall–Kier alpha value is -2.34. The molecule has 0 aliphatic carbocycles. The molecule has 3 heteroatoms. The lowest BCUT2D eigenvalue weighted by Crippen LogP contribution is -2.24. The smallest absolute Gasteiger partial charge is 0.268 e. The number of nitriles is 1. The van der Waals surface area contributed by atoms with Crippen molar-refractivity contribution >= 4 is 0 Å². The fourth-order valence-electron chi connectivity index (χ4n) is 2.73. The quantitative estimate of drug-likeness (QED) is 0.733. The molecule has 0 radical (unpaired) electrons. The Kier molecular flexibility index (Phi) is 5.76. The highest BCUT2D eigenvalue weighted by atomic mass is 16.1. The van der Waals surface area contributed by atoms with Crippen molar-refractivity contribution in [3.05, 3.63) is 57.4 Å². The third-order valence-corrected chi connectivity index (χ3v) is 4.33. The van der Waals surface area contributed by atoms with E-state index in [1.165, 1.54) is 17.5 Å². The van der Waals surface area contributed by atoms with Crippen LogP contribution in [0.4, 0.5) is 0 Å². The second-order valence-corrected chi connectivity index (χ2v) is 6.06. The Morgan fingerprint density at radius 3 is 2.48 bits per heavy atom. The van der Waals surface area contributed by atoms with Crippen molar-refractivity contribution in [3.8, 4) is 17.3 Å². The van der Waals surface area contributed by atoms with Gasteiger partial charge < -0.3 is 4.57 Å². The largest absolute Gasteiger partial charge is 0.307 e. The number of aryl methyl sites for hydroxylation is 2. The molecule has 23 heavy (non-hydrogen) atoms. The summed E-state index contributed by atoms with van der Waals surface area (Å²) in [5, 5.41) is 9.13. The molecule has 0 fully saturated rings. The number of nitrogens with zero attached hydrogens (tertiary/aromatic N) is 2. The average Bonchev–Trinajstić information content (AvgIpc) is 2.55. The van der Waals surface area contributed by atoms with Crippen LogP contribution in [0.2, 0.25) is 0 Å². The van der Waals surface area contributed by atoms with Gasteiger partial charge >= 0.3 is 0 Å². The maximum Gasteiger partial charge on any atom is 0.268 e. The first-order valence-corrected chi connectivity index (χ1v) is 8.30. The first-order valence-electron chi connectivity index (χ1n) is 8.30. The summed E-state index contributed by atoms with van der Waals surface area (Å²) in [4.78, 5) is 12.6. The van der Waals surface area contributed by atoms with Gasteiger partial charge in [0.15, 0.2) is 0 Å². The topological polar surface area (TPSA) is 45.8 Å². The van der Waals surface area contributed by atoms with Crippen LogP contribution in [-0.2, 0) is 6.54 Å². The van der Waals surface area contributed by atoms with Gasteiger partial charge in [0.2, 0.25) is 0 Å². The number of benzene rings is 1. The van der Waals surface area contributed by atoms with Gasteiger partial charge in [-0.2, -0.15) is 5.26 Å². The van der Waals surface area contributed by atoms with E-state index in [0.29, 0.717) is 6.54 Å². The number of aromatic nitrogens is 1. The summed E-state index contributed by atoms with van der Waals surface area (Å²) in [6.45, 7) is 6.99. The second-order valence-electron chi connectivity index (χ2n) is 6.06. The average molecular weight is 308 g/mol. The van der Waals surface area contributed by atoms with E-state index >= 15 is 0 Å². The summed E-state index contributed by atoms with van der Waals surface area (Å²) in [7, 11) is 0. The van der Waals surface area contributed by atoms with Crippen LogP contribution in [-0.4, -0.2) is 4.57 Å². The zero-order chi connectivity index (χ0) is 16.8. The van der Waals surface area contributed by atoms with Crippen molar-refractivity contribution in [2.24, 2.45) is 0 Å². The van der Waals surface area contributed by atoms with Gasteiger partial charge in [-0.1, -0.05) is 38.3 Å². The van der Waals surface area contributed by atoms with Crippen LogP contribution >= 0.6 is 0 Å². The molecule has 0 saturated heterocycles. The minimum absolute atomic E-state index is 0.181. The van der Waals surface area contributed by atoms with Gasteiger partial charge in [-0.3, -0.25) is 4.79 Å². The Labute approximate surface area is 138 Å². The lowest BCUT2D eigenvalue weighted by Gasteiger charge is -2.14. The molecule has 3 nitrogen and oxygen atoms in total. The van der Waals surface area contributed by atoms with Gasteiger partial charge in [-0.15, -0.1) is 0 Å². The first kappa shape index (κ1) is 17.0. The van der Waals surface area contributed by atoms with E-state index in [-0.39, 0.29) is 11.1 Å². The van der Waals surface area contributed by atoms with Crippen molar-refractivity contribution in [2.45, 2.75) is 53.0 Å². The maximum absolute atomic E-state index is 12.6. The van der Waals surface area contributed by atoms with E-state index in [9.17, 15) is 4.79 Å². The summed E-state index contributed by atoms with van der Waals surface area (Å²) in [5.74, 6) is 0. The zero-order valence-corrected chi connectivity index (χ0v) is 14.2. The van der Waals surface area contributed by atoms with E-state index in [2.05, 4.69) is 32.9 Å². The van der Waals surface area contributed by atoms with E-state index < -0.39 is 0 Å². The van der Waals surface area contributed by atoms with E-state index in [0.717, 1.165) is 30.5 Å². The fraction of sp³-hybridized carbons (Fsp3) is 0.400. The predicted octanol–water partition coefficient (Wildman–Crippen LogP) is 4.58. The van der Waals surface area contributed by atoms with Crippen LogP contribution in [0.25, 0.3) is 11.3 Å². The lowest BCUT2D eigenvalue weighted by atomic mass is 10.0. The molecule has 2 aromatic rings. The Bertz CT molecular complexity index is 781. The minimum Gasteiger partial charge on any atom is -0.307 e. The number of hydrogen-bond acceptors (Lipinski definition) is 2. The number of rotatable bonds is 6. The number of pyridine rings is 1. The van der Waals surface area contributed by atoms with Crippen molar-refractivity contribution in [1.29, 1.82) is 5.26 Å². The molecule has 0 atom stereocenters. The van der Waals surface area contributed by atoms with Gasteiger partial charge in [0.05, 0.1) is 5.69 Å². The van der Waals surface area contributed by atoms with Gasteiger partial charge in [-0.05, 0) is 55.2 Å². The Morgan fingerprint density at radius 1 is 1.04 bits per heavy atom. The molecule has 0 bridgehead atoms. The minimum atomic E-state index is -0.181.